The number of nitrogens with one attached hydrogen (secondary N) is 1. The van der Waals surface area contributed by atoms with Crippen LogP contribution < -0.4 is 10.5 Å². The number of nitrogens with two attached hydrogens (primary N) is 1. The number of allylic oxidation sites excluding steroid dienone is 2. The van der Waals surface area contributed by atoms with Gasteiger partial charge in [-0.1, -0.05) is 12.1 Å². The van der Waals surface area contributed by atoms with Crippen LogP contribution in [0.15, 0.2) is 59.4 Å². The number of Topliss-reactive ketones (excluding diaryl/α,β-unsaturated/α-hetero) is 1. The maximum absolute atomic E-state index is 12.5. The molecule has 3 rings (SSSR count). The van der Waals surface area contributed by atoms with Crippen LogP contribution in [0, 0.1) is 0 Å². The van der Waals surface area contributed by atoms with Crippen molar-refractivity contribution < 1.29 is 13.8 Å². The average molecular weight is 313 g/mol. The van der Waals surface area contributed by atoms with Crippen molar-refractivity contribution >= 4 is 28.2 Å². The molecule has 0 radical (unpaired) electrons. The zero-order chi connectivity index (χ0) is 15.7. The van der Waals surface area contributed by atoms with Gasteiger partial charge in [0, 0.05) is 17.8 Å². The Morgan fingerprint density at radius 1 is 1.14 bits per heavy atom. The van der Waals surface area contributed by atoms with Crippen LogP contribution in [0.1, 0.15) is 20.7 Å². The lowest BCUT2D eigenvalue weighted by molar-refractivity contribution is 0.0983. The average Bonchev–Trinajstić information content (AvgIpc) is 2.52. The number of hydrogen-bond donors (Lipinski definition) is 2. The van der Waals surface area contributed by atoms with E-state index in [2.05, 4.69) is 10.3 Å². The quantitative estimate of drug-likeness (QED) is 0.892. The minimum absolute atomic E-state index is 0.102. The number of ketones is 2. The van der Waals surface area contributed by atoms with Crippen molar-refractivity contribution in [3.8, 4) is 0 Å². The van der Waals surface area contributed by atoms with Crippen molar-refractivity contribution in [1.82, 2.24) is 4.98 Å². The van der Waals surface area contributed by atoms with E-state index in [1.807, 2.05) is 0 Å². The number of rotatable bonds is 3. The van der Waals surface area contributed by atoms with E-state index in [1.165, 1.54) is 18.2 Å². The van der Waals surface area contributed by atoms with Gasteiger partial charge in [-0.3, -0.25) is 14.6 Å². The Kier molecular flexibility index (Phi) is 3.66. The second-order valence-corrected chi connectivity index (χ2v) is 5.63. The molecule has 6 nitrogen and oxygen atoms in total. The molecule has 1 aromatic carbocycles. The summed E-state index contributed by atoms with van der Waals surface area (Å²) < 4.78 is 11.5. The molecule has 3 N–H and O–H groups in total. The van der Waals surface area contributed by atoms with Crippen LogP contribution in [-0.4, -0.2) is 20.8 Å². The molecule has 1 heterocycles. The Hall–Kier alpha value is -2.64. The van der Waals surface area contributed by atoms with E-state index in [1.54, 1.807) is 30.6 Å². The van der Waals surface area contributed by atoms with Crippen LogP contribution in [0.2, 0.25) is 0 Å². The molecule has 0 amide bonds. The van der Waals surface area contributed by atoms with Crippen LogP contribution in [0.3, 0.4) is 0 Å². The molecule has 22 heavy (non-hydrogen) atoms. The van der Waals surface area contributed by atoms with E-state index in [9.17, 15) is 13.8 Å². The summed E-state index contributed by atoms with van der Waals surface area (Å²) in [6.07, 6.45) is 4.33. The molecular formula is C15H11N3O3S. The number of nitrogens with zero attached hydrogens (tertiary/aromatic N) is 1. The summed E-state index contributed by atoms with van der Waals surface area (Å²) in [6, 6.07) is 7.99. The molecule has 0 aliphatic heterocycles. The normalized spacial score (nSPS) is 15.0. The maximum atomic E-state index is 12.5. The first-order valence-corrected chi connectivity index (χ1v) is 7.56. The highest BCUT2D eigenvalue weighted by Gasteiger charge is 2.29. The third-order valence-corrected chi connectivity index (χ3v) is 3.97. The molecule has 110 valence electrons. The Bertz CT molecular complexity index is 831. The van der Waals surface area contributed by atoms with Gasteiger partial charge in [-0.05, 0) is 18.2 Å². The summed E-state index contributed by atoms with van der Waals surface area (Å²) in [4.78, 5) is 28.9. The summed E-state index contributed by atoms with van der Waals surface area (Å²) in [6.45, 7) is 0. The largest absolute Gasteiger partial charge is 0.351 e. The van der Waals surface area contributed by atoms with E-state index in [0.717, 1.165) is 0 Å². The number of anilines is 1. The van der Waals surface area contributed by atoms with Gasteiger partial charge in [0.15, 0.2) is 5.78 Å². The van der Waals surface area contributed by atoms with E-state index in [4.69, 9.17) is 5.14 Å². The van der Waals surface area contributed by atoms with Gasteiger partial charge in [0.1, 0.15) is 11.0 Å². The molecule has 0 saturated carbocycles. The summed E-state index contributed by atoms with van der Waals surface area (Å²) in [5, 5.41) is 8.24. The molecule has 1 aliphatic rings. The molecule has 1 aliphatic carbocycles. The van der Waals surface area contributed by atoms with Crippen LogP contribution in [-0.2, 0) is 11.0 Å². The first-order chi connectivity index (χ1) is 10.6. The van der Waals surface area contributed by atoms with Gasteiger partial charge in [-0.2, -0.15) is 0 Å². The smallest absolute Gasteiger partial charge is 0.210 e. The summed E-state index contributed by atoms with van der Waals surface area (Å²) >= 11 is 0. The molecule has 0 saturated heterocycles. The number of hydrogen-bond acceptors (Lipinski definition) is 5. The standard InChI is InChI=1S/C15H11N3O3S/c16-22(21)13-5-1-4-10-14(13)12(19)7-11(15(10)20)18-9-3-2-6-17-8-9/h1-8,18H,16H2. The van der Waals surface area contributed by atoms with Crippen LogP contribution in [0.4, 0.5) is 5.69 Å². The monoisotopic (exact) mass is 313 g/mol. The van der Waals surface area contributed by atoms with Crippen LogP contribution in [0.5, 0.6) is 0 Å². The Morgan fingerprint density at radius 2 is 1.95 bits per heavy atom. The van der Waals surface area contributed by atoms with E-state index < -0.39 is 16.8 Å². The zero-order valence-electron chi connectivity index (χ0n) is 11.3. The van der Waals surface area contributed by atoms with Crippen molar-refractivity contribution in [1.29, 1.82) is 0 Å². The van der Waals surface area contributed by atoms with Crippen molar-refractivity contribution in [2.45, 2.75) is 4.90 Å². The molecule has 0 fully saturated rings. The minimum Gasteiger partial charge on any atom is -0.351 e. The van der Waals surface area contributed by atoms with Crippen molar-refractivity contribution in [3.05, 3.63) is 65.6 Å². The number of carbonyl (C=O) groups is 2. The van der Waals surface area contributed by atoms with Gasteiger partial charge in [-0.25, -0.2) is 9.35 Å². The van der Waals surface area contributed by atoms with Gasteiger partial charge in [0.2, 0.25) is 5.78 Å². The molecule has 1 unspecified atom stereocenters. The van der Waals surface area contributed by atoms with Gasteiger partial charge < -0.3 is 5.32 Å². The third-order valence-electron chi connectivity index (χ3n) is 3.19. The van der Waals surface area contributed by atoms with Crippen molar-refractivity contribution in [2.75, 3.05) is 5.32 Å². The van der Waals surface area contributed by atoms with E-state index >= 15 is 0 Å². The molecule has 0 bridgehead atoms. The second-order valence-electron chi connectivity index (χ2n) is 4.59. The maximum Gasteiger partial charge on any atom is 0.210 e. The molecular weight excluding hydrogens is 302 g/mol. The lowest BCUT2D eigenvalue weighted by Gasteiger charge is -2.18. The summed E-state index contributed by atoms with van der Waals surface area (Å²) in [5.74, 6) is -0.763. The predicted octanol–water partition coefficient (Wildman–Crippen LogP) is 1.44. The molecule has 2 aromatic rings. The Morgan fingerprint density at radius 3 is 2.64 bits per heavy atom. The van der Waals surface area contributed by atoms with Crippen LogP contribution in [0.25, 0.3) is 0 Å². The Balaban J connectivity index is 2.04. The second kappa shape index (κ2) is 5.63. The van der Waals surface area contributed by atoms with Crippen molar-refractivity contribution in [2.24, 2.45) is 5.14 Å². The van der Waals surface area contributed by atoms with Gasteiger partial charge in [0.05, 0.1) is 28.0 Å². The lowest BCUT2D eigenvalue weighted by Crippen LogP contribution is -2.24. The minimum atomic E-state index is -1.84. The fourth-order valence-corrected chi connectivity index (χ4v) is 2.87. The van der Waals surface area contributed by atoms with E-state index in [-0.39, 0.29) is 27.5 Å². The highest BCUT2D eigenvalue weighted by molar-refractivity contribution is 7.82. The van der Waals surface area contributed by atoms with Gasteiger partial charge in [0.25, 0.3) is 0 Å². The SMILES string of the molecule is NS(=O)c1cccc2c1C(=O)C=C(Nc1cccnc1)C2=O. The van der Waals surface area contributed by atoms with Gasteiger partial charge >= 0.3 is 0 Å². The van der Waals surface area contributed by atoms with E-state index in [0.29, 0.717) is 5.69 Å². The third kappa shape index (κ3) is 2.47. The summed E-state index contributed by atoms with van der Waals surface area (Å²) in [5.41, 5.74) is 1.03. The molecule has 1 aromatic heterocycles. The number of fused-ring (bicyclic) bond motifs is 1. The highest BCUT2D eigenvalue weighted by atomic mass is 32.2. The number of carbonyl (C=O) groups excluding carboxylic acids is 2. The Labute approximate surface area is 128 Å². The first kappa shape index (κ1) is 14.3. The zero-order valence-corrected chi connectivity index (χ0v) is 12.1. The topological polar surface area (TPSA) is 102 Å². The lowest BCUT2D eigenvalue weighted by atomic mass is 9.92. The summed E-state index contributed by atoms with van der Waals surface area (Å²) in [7, 11) is -1.84. The predicted molar refractivity (Wildman–Crippen MR) is 81.6 cm³/mol. The van der Waals surface area contributed by atoms with Crippen LogP contribution >= 0.6 is 0 Å². The number of aromatic nitrogens is 1. The fourth-order valence-electron chi connectivity index (χ4n) is 2.24. The molecule has 0 spiro atoms. The highest BCUT2D eigenvalue weighted by Crippen LogP contribution is 2.26. The number of benzene rings is 1. The molecule has 7 heteroatoms. The van der Waals surface area contributed by atoms with Crippen molar-refractivity contribution in [3.63, 3.8) is 0 Å². The fraction of sp³-hybridized carbons (Fsp3) is 0. The number of pyridine rings is 1. The first-order valence-electron chi connectivity index (χ1n) is 6.35. The molecule has 1 atom stereocenters. The van der Waals surface area contributed by atoms with Gasteiger partial charge in [-0.15, -0.1) is 0 Å².